The van der Waals surface area contributed by atoms with Crippen LogP contribution in [0.15, 0.2) is 0 Å². The van der Waals surface area contributed by atoms with E-state index in [1.807, 2.05) is 0 Å². The van der Waals surface area contributed by atoms with Crippen molar-refractivity contribution in [3.8, 4) is 0 Å². The summed E-state index contributed by atoms with van der Waals surface area (Å²) in [4.78, 5) is 0.403. The Kier molecular flexibility index (Phi) is 1.90. The van der Waals surface area contributed by atoms with Crippen LogP contribution in [-0.4, -0.2) is 27.6 Å². The van der Waals surface area contributed by atoms with E-state index >= 15 is 0 Å². The lowest BCUT2D eigenvalue weighted by Crippen LogP contribution is -2.57. The molecule has 0 bridgehead atoms. The fraction of sp³-hybridized carbons (Fsp3) is 1.00. The van der Waals surface area contributed by atoms with E-state index in [1.54, 1.807) is 0 Å². The Bertz CT molecular complexity index is 144. The molecule has 0 saturated carbocycles. The summed E-state index contributed by atoms with van der Waals surface area (Å²) in [5.74, 6) is 0. The molecule has 0 aromatic carbocycles. The van der Waals surface area contributed by atoms with Crippen molar-refractivity contribution >= 4 is 16.1 Å². The second kappa shape index (κ2) is 2.21. The highest BCUT2D eigenvalue weighted by atomic mass is 28.4. The smallest absolute Gasteiger partial charge is 0.0813 e. The van der Waals surface area contributed by atoms with Gasteiger partial charge in [0, 0.05) is 0 Å². The van der Waals surface area contributed by atoms with Gasteiger partial charge in [0.05, 0.1) is 27.6 Å². The molecule has 0 aromatic heterocycles. The number of rotatable bonds is 2. The lowest BCUT2D eigenvalue weighted by molar-refractivity contribution is 0.421. The molecule has 66 valence electrons. The zero-order valence-electron chi connectivity index (χ0n) is 8.62. The predicted octanol–water partition coefficient (Wildman–Crippen LogP) is 2.51. The molecule has 1 heterocycles. The first-order valence-corrected chi connectivity index (χ1v) is 11.3. The van der Waals surface area contributed by atoms with Crippen molar-refractivity contribution < 1.29 is 4.74 Å². The number of hydrogen-bond donors (Lipinski definition) is 0. The topological polar surface area (TPSA) is 12.5 Å². The SMILES string of the molecule is C[Si](C)(C)C1([Si](C)(C)C)CO1. The Labute approximate surface area is 72.2 Å². The molecule has 11 heavy (non-hydrogen) atoms. The van der Waals surface area contributed by atoms with Gasteiger partial charge in [-0.2, -0.15) is 0 Å². The largest absolute Gasteiger partial charge is 0.377 e. The number of epoxide rings is 1. The van der Waals surface area contributed by atoms with Crippen LogP contribution in [-0.2, 0) is 4.74 Å². The highest BCUT2D eigenvalue weighted by molar-refractivity contribution is 6.99. The van der Waals surface area contributed by atoms with Crippen molar-refractivity contribution in [2.24, 2.45) is 0 Å². The summed E-state index contributed by atoms with van der Waals surface area (Å²) in [6.45, 7) is 15.6. The molecule has 3 heteroatoms. The third-order valence-electron chi connectivity index (χ3n) is 2.86. The maximum atomic E-state index is 5.75. The second-order valence-electron chi connectivity index (χ2n) is 5.62. The molecule has 1 saturated heterocycles. The summed E-state index contributed by atoms with van der Waals surface area (Å²) in [5.41, 5.74) is 0. The average Bonchev–Trinajstić information content (AvgIpc) is 2.31. The lowest BCUT2D eigenvalue weighted by Gasteiger charge is -2.35. The Morgan fingerprint density at radius 3 is 1.18 bits per heavy atom. The van der Waals surface area contributed by atoms with Crippen LogP contribution in [0.25, 0.3) is 0 Å². The summed E-state index contributed by atoms with van der Waals surface area (Å²) >= 11 is 0. The van der Waals surface area contributed by atoms with Gasteiger partial charge in [-0.05, 0) is 0 Å². The molecule has 0 atom stereocenters. The Morgan fingerprint density at radius 1 is 0.909 bits per heavy atom. The van der Waals surface area contributed by atoms with Gasteiger partial charge < -0.3 is 4.74 Å². The van der Waals surface area contributed by atoms with Gasteiger partial charge in [-0.15, -0.1) is 0 Å². The molecule has 1 fully saturated rings. The number of ether oxygens (including phenoxy) is 1. The fourth-order valence-corrected chi connectivity index (χ4v) is 12.9. The molecule has 0 spiro atoms. The first kappa shape index (κ1) is 9.48. The molecular formula is C8H20OSi2. The van der Waals surface area contributed by atoms with E-state index in [1.165, 1.54) is 0 Å². The summed E-state index contributed by atoms with van der Waals surface area (Å²) in [6.07, 6.45) is 0. The molecule has 0 unspecified atom stereocenters. The fourth-order valence-electron chi connectivity index (χ4n) is 2.06. The Balaban J connectivity index is 2.85. The number of hydrogen-bond acceptors (Lipinski definition) is 1. The van der Waals surface area contributed by atoms with Crippen LogP contribution in [0.1, 0.15) is 0 Å². The third-order valence-corrected chi connectivity index (χ3v) is 12.8. The van der Waals surface area contributed by atoms with Crippen LogP contribution < -0.4 is 0 Å². The van der Waals surface area contributed by atoms with E-state index < -0.39 is 16.1 Å². The van der Waals surface area contributed by atoms with E-state index in [2.05, 4.69) is 39.3 Å². The van der Waals surface area contributed by atoms with Crippen molar-refractivity contribution in [3.05, 3.63) is 0 Å². The molecule has 1 aliphatic rings. The lowest BCUT2D eigenvalue weighted by atomic mass is 10.9. The quantitative estimate of drug-likeness (QED) is 0.479. The van der Waals surface area contributed by atoms with Crippen LogP contribution in [0.3, 0.4) is 0 Å². The van der Waals surface area contributed by atoms with Gasteiger partial charge in [-0.25, -0.2) is 0 Å². The Morgan fingerprint density at radius 2 is 1.18 bits per heavy atom. The molecule has 0 amide bonds. The summed E-state index contributed by atoms with van der Waals surface area (Å²) in [6, 6.07) is 0. The molecule has 0 aromatic rings. The summed E-state index contributed by atoms with van der Waals surface area (Å²) in [7, 11) is -2.14. The molecule has 1 nitrogen and oxygen atoms in total. The van der Waals surface area contributed by atoms with Crippen molar-refractivity contribution in [2.45, 2.75) is 44.1 Å². The van der Waals surface area contributed by atoms with Crippen LogP contribution in [0.4, 0.5) is 0 Å². The van der Waals surface area contributed by atoms with Crippen molar-refractivity contribution in [3.63, 3.8) is 0 Å². The molecule has 0 N–H and O–H groups in total. The molecule has 1 rings (SSSR count). The first-order valence-electron chi connectivity index (χ1n) is 4.35. The van der Waals surface area contributed by atoms with Gasteiger partial charge in [-0.3, -0.25) is 0 Å². The zero-order chi connectivity index (χ0) is 8.91. The van der Waals surface area contributed by atoms with E-state index in [0.717, 1.165) is 6.61 Å². The minimum atomic E-state index is -1.07. The zero-order valence-corrected chi connectivity index (χ0v) is 10.6. The average molecular weight is 188 g/mol. The predicted molar refractivity (Wildman–Crippen MR) is 55.4 cm³/mol. The van der Waals surface area contributed by atoms with E-state index in [-0.39, 0.29) is 0 Å². The maximum Gasteiger partial charge on any atom is 0.0813 e. The second-order valence-corrected chi connectivity index (χ2v) is 16.7. The molecule has 0 radical (unpaired) electrons. The van der Waals surface area contributed by atoms with E-state index in [9.17, 15) is 0 Å². The van der Waals surface area contributed by atoms with E-state index in [0.29, 0.717) is 4.85 Å². The van der Waals surface area contributed by atoms with Gasteiger partial charge in [0.15, 0.2) is 0 Å². The van der Waals surface area contributed by atoms with Crippen LogP contribution in [0, 0.1) is 0 Å². The van der Waals surface area contributed by atoms with Crippen molar-refractivity contribution in [1.82, 2.24) is 0 Å². The van der Waals surface area contributed by atoms with Crippen molar-refractivity contribution in [1.29, 1.82) is 0 Å². The molecule has 1 aliphatic heterocycles. The van der Waals surface area contributed by atoms with Crippen LogP contribution in [0.5, 0.6) is 0 Å². The first-order chi connectivity index (χ1) is 4.71. The van der Waals surface area contributed by atoms with Gasteiger partial charge in [-0.1, -0.05) is 39.3 Å². The third kappa shape index (κ3) is 1.34. The highest BCUT2D eigenvalue weighted by Crippen LogP contribution is 2.44. The normalized spacial score (nSPS) is 23.5. The van der Waals surface area contributed by atoms with Gasteiger partial charge in [0.25, 0.3) is 0 Å². The van der Waals surface area contributed by atoms with Gasteiger partial charge in [0.2, 0.25) is 0 Å². The Hall–Kier alpha value is 0.394. The molecule has 0 aliphatic carbocycles. The van der Waals surface area contributed by atoms with E-state index in [4.69, 9.17) is 4.74 Å². The minimum Gasteiger partial charge on any atom is -0.377 e. The molecular weight excluding hydrogens is 168 g/mol. The summed E-state index contributed by atoms with van der Waals surface area (Å²) in [5, 5.41) is 0. The summed E-state index contributed by atoms with van der Waals surface area (Å²) < 4.78 is 5.75. The van der Waals surface area contributed by atoms with Crippen LogP contribution in [0.2, 0.25) is 39.3 Å². The van der Waals surface area contributed by atoms with Gasteiger partial charge in [0.1, 0.15) is 0 Å². The standard InChI is InChI=1S/C8H20OSi2/c1-10(2,3)8(7-9-8)11(4,5)6/h7H2,1-6H3. The highest BCUT2D eigenvalue weighted by Gasteiger charge is 2.62. The van der Waals surface area contributed by atoms with Crippen LogP contribution >= 0.6 is 0 Å². The van der Waals surface area contributed by atoms with Crippen molar-refractivity contribution in [2.75, 3.05) is 6.61 Å². The monoisotopic (exact) mass is 188 g/mol. The minimum absolute atomic E-state index is 0.403. The maximum absolute atomic E-state index is 5.75. The van der Waals surface area contributed by atoms with Gasteiger partial charge >= 0.3 is 0 Å².